The fourth-order valence-corrected chi connectivity index (χ4v) is 4.61. The van der Waals surface area contributed by atoms with E-state index in [1.165, 1.54) is 31.2 Å². The maximum atomic E-state index is 13.4. The number of pyridine rings is 1. The van der Waals surface area contributed by atoms with Gasteiger partial charge in [0.2, 0.25) is 5.91 Å². The molecular formula is C23H29N3O. The Labute approximate surface area is 162 Å². The van der Waals surface area contributed by atoms with Gasteiger partial charge in [-0.25, -0.2) is 0 Å². The predicted octanol–water partition coefficient (Wildman–Crippen LogP) is 3.70. The second-order valence-corrected chi connectivity index (χ2v) is 7.86. The van der Waals surface area contributed by atoms with E-state index in [4.69, 9.17) is 0 Å². The Bertz CT molecular complexity index is 720. The SMILES string of the molecule is O=C([C@H](c1ccccc1)C1CCCC1)N1CCN(Cc2ccccn2)CC1. The van der Waals surface area contributed by atoms with Crippen molar-refractivity contribution in [2.75, 3.05) is 26.2 Å². The van der Waals surface area contributed by atoms with Crippen LogP contribution in [0.2, 0.25) is 0 Å². The number of hydrogen-bond donors (Lipinski definition) is 0. The summed E-state index contributed by atoms with van der Waals surface area (Å²) >= 11 is 0. The van der Waals surface area contributed by atoms with Gasteiger partial charge >= 0.3 is 0 Å². The molecule has 0 bridgehead atoms. The molecule has 1 aliphatic heterocycles. The molecule has 4 heteroatoms. The lowest BCUT2D eigenvalue weighted by molar-refractivity contribution is -0.136. The minimum Gasteiger partial charge on any atom is -0.340 e. The second-order valence-electron chi connectivity index (χ2n) is 7.86. The lowest BCUT2D eigenvalue weighted by atomic mass is 9.83. The van der Waals surface area contributed by atoms with E-state index in [2.05, 4.69) is 45.1 Å². The number of aromatic nitrogens is 1. The molecule has 4 rings (SSSR count). The van der Waals surface area contributed by atoms with E-state index in [-0.39, 0.29) is 5.92 Å². The topological polar surface area (TPSA) is 36.4 Å². The number of carbonyl (C=O) groups excluding carboxylic acids is 1. The maximum absolute atomic E-state index is 13.4. The summed E-state index contributed by atoms with van der Waals surface area (Å²) in [7, 11) is 0. The zero-order valence-electron chi connectivity index (χ0n) is 16.0. The molecule has 1 aromatic carbocycles. The van der Waals surface area contributed by atoms with E-state index in [0.29, 0.717) is 11.8 Å². The Morgan fingerprint density at radius 2 is 1.67 bits per heavy atom. The fourth-order valence-electron chi connectivity index (χ4n) is 4.61. The minimum absolute atomic E-state index is 0.0380. The van der Waals surface area contributed by atoms with Gasteiger partial charge in [0, 0.05) is 38.9 Å². The molecule has 2 fully saturated rings. The van der Waals surface area contributed by atoms with Gasteiger partial charge in [0.25, 0.3) is 0 Å². The van der Waals surface area contributed by atoms with Crippen LogP contribution < -0.4 is 0 Å². The van der Waals surface area contributed by atoms with Gasteiger partial charge in [0.05, 0.1) is 11.6 Å². The molecule has 0 spiro atoms. The molecule has 0 N–H and O–H groups in total. The average Bonchev–Trinajstić information content (AvgIpc) is 3.24. The van der Waals surface area contributed by atoms with E-state index in [9.17, 15) is 4.79 Å². The van der Waals surface area contributed by atoms with Gasteiger partial charge < -0.3 is 4.90 Å². The summed E-state index contributed by atoms with van der Waals surface area (Å²) in [5, 5.41) is 0. The van der Waals surface area contributed by atoms with Crippen molar-refractivity contribution in [2.45, 2.75) is 38.1 Å². The van der Waals surface area contributed by atoms with Crippen molar-refractivity contribution in [1.29, 1.82) is 0 Å². The van der Waals surface area contributed by atoms with E-state index in [1.807, 2.05) is 24.4 Å². The molecular weight excluding hydrogens is 334 g/mol. The van der Waals surface area contributed by atoms with Crippen LogP contribution in [-0.2, 0) is 11.3 Å². The normalized spacial score (nSPS) is 19.9. The van der Waals surface area contributed by atoms with E-state index >= 15 is 0 Å². The Balaban J connectivity index is 1.40. The largest absolute Gasteiger partial charge is 0.340 e. The quantitative estimate of drug-likeness (QED) is 0.813. The van der Waals surface area contributed by atoms with E-state index in [1.54, 1.807) is 0 Å². The molecule has 0 radical (unpaired) electrons. The van der Waals surface area contributed by atoms with Gasteiger partial charge in [-0.2, -0.15) is 0 Å². The maximum Gasteiger partial charge on any atom is 0.230 e. The molecule has 1 aromatic heterocycles. The van der Waals surface area contributed by atoms with Crippen LogP contribution >= 0.6 is 0 Å². The molecule has 1 saturated heterocycles. The Morgan fingerprint density at radius 3 is 2.33 bits per heavy atom. The van der Waals surface area contributed by atoms with Crippen LogP contribution in [-0.4, -0.2) is 46.9 Å². The Kier molecular flexibility index (Phi) is 5.83. The van der Waals surface area contributed by atoms with E-state index in [0.717, 1.165) is 38.4 Å². The molecule has 2 aliphatic rings. The third-order valence-corrected chi connectivity index (χ3v) is 6.09. The van der Waals surface area contributed by atoms with Crippen molar-refractivity contribution in [3.05, 3.63) is 66.0 Å². The monoisotopic (exact) mass is 363 g/mol. The highest BCUT2D eigenvalue weighted by Gasteiger charge is 2.35. The first kappa shape index (κ1) is 18.2. The smallest absolute Gasteiger partial charge is 0.230 e. The summed E-state index contributed by atoms with van der Waals surface area (Å²) in [5.41, 5.74) is 2.30. The highest BCUT2D eigenvalue weighted by Crippen LogP contribution is 2.38. The Morgan fingerprint density at radius 1 is 0.963 bits per heavy atom. The number of rotatable bonds is 5. The third kappa shape index (κ3) is 4.38. The molecule has 1 saturated carbocycles. The molecule has 2 heterocycles. The third-order valence-electron chi connectivity index (χ3n) is 6.09. The molecule has 1 amide bonds. The lowest BCUT2D eigenvalue weighted by Gasteiger charge is -2.37. The van der Waals surface area contributed by atoms with Crippen LogP contribution in [0, 0.1) is 5.92 Å². The van der Waals surface area contributed by atoms with Crippen LogP contribution in [0.1, 0.15) is 42.9 Å². The number of hydrogen-bond acceptors (Lipinski definition) is 3. The standard InChI is InChI=1S/C23H29N3O/c27-23(22(20-10-4-5-11-20)19-8-2-1-3-9-19)26-16-14-25(15-17-26)18-21-12-6-7-13-24-21/h1-3,6-9,12-13,20,22H,4-5,10-11,14-18H2/t22-/m1/s1. The molecule has 0 unspecified atom stereocenters. The molecule has 1 atom stereocenters. The zero-order valence-corrected chi connectivity index (χ0v) is 16.0. The highest BCUT2D eigenvalue weighted by molar-refractivity contribution is 5.84. The van der Waals surface area contributed by atoms with Crippen molar-refractivity contribution >= 4 is 5.91 Å². The summed E-state index contributed by atoms with van der Waals surface area (Å²) in [6.07, 6.45) is 6.75. The second kappa shape index (κ2) is 8.66. The lowest BCUT2D eigenvalue weighted by Crippen LogP contribution is -2.50. The van der Waals surface area contributed by atoms with Crippen LogP contribution in [0.25, 0.3) is 0 Å². The van der Waals surface area contributed by atoms with Crippen molar-refractivity contribution in [2.24, 2.45) is 5.92 Å². The number of nitrogens with zero attached hydrogens (tertiary/aromatic N) is 3. The molecule has 2 aromatic rings. The predicted molar refractivity (Wildman–Crippen MR) is 107 cm³/mol. The van der Waals surface area contributed by atoms with Gasteiger partial charge in [0.15, 0.2) is 0 Å². The number of piperazine rings is 1. The van der Waals surface area contributed by atoms with Crippen molar-refractivity contribution in [3.8, 4) is 0 Å². The van der Waals surface area contributed by atoms with Crippen molar-refractivity contribution in [1.82, 2.24) is 14.8 Å². The highest BCUT2D eigenvalue weighted by atomic mass is 16.2. The number of benzene rings is 1. The first-order valence-electron chi connectivity index (χ1n) is 10.3. The fraction of sp³-hybridized carbons (Fsp3) is 0.478. The van der Waals surface area contributed by atoms with Crippen LogP contribution in [0.5, 0.6) is 0 Å². The molecule has 1 aliphatic carbocycles. The van der Waals surface area contributed by atoms with Gasteiger partial charge in [0.1, 0.15) is 0 Å². The van der Waals surface area contributed by atoms with Gasteiger partial charge in [-0.15, -0.1) is 0 Å². The minimum atomic E-state index is 0.0380. The van der Waals surface area contributed by atoms with E-state index < -0.39 is 0 Å². The molecule has 27 heavy (non-hydrogen) atoms. The first-order valence-corrected chi connectivity index (χ1v) is 10.3. The Hall–Kier alpha value is -2.20. The summed E-state index contributed by atoms with van der Waals surface area (Å²) in [4.78, 5) is 22.4. The summed E-state index contributed by atoms with van der Waals surface area (Å²) in [6.45, 7) is 4.36. The summed E-state index contributed by atoms with van der Waals surface area (Å²) in [6, 6.07) is 16.5. The molecule has 4 nitrogen and oxygen atoms in total. The average molecular weight is 364 g/mol. The summed E-state index contributed by atoms with van der Waals surface area (Å²) in [5.74, 6) is 0.882. The van der Waals surface area contributed by atoms with Crippen molar-refractivity contribution < 1.29 is 4.79 Å². The number of amides is 1. The van der Waals surface area contributed by atoms with Gasteiger partial charge in [-0.1, -0.05) is 49.2 Å². The van der Waals surface area contributed by atoms with Crippen LogP contribution in [0.15, 0.2) is 54.7 Å². The zero-order chi connectivity index (χ0) is 18.5. The van der Waals surface area contributed by atoms with Gasteiger partial charge in [-0.05, 0) is 36.5 Å². The number of carbonyl (C=O) groups is 1. The van der Waals surface area contributed by atoms with Crippen LogP contribution in [0.4, 0.5) is 0 Å². The molecule has 142 valence electrons. The van der Waals surface area contributed by atoms with Gasteiger partial charge in [-0.3, -0.25) is 14.7 Å². The first-order chi connectivity index (χ1) is 13.3. The van der Waals surface area contributed by atoms with Crippen LogP contribution in [0.3, 0.4) is 0 Å². The summed E-state index contributed by atoms with van der Waals surface area (Å²) < 4.78 is 0. The van der Waals surface area contributed by atoms with Crippen molar-refractivity contribution in [3.63, 3.8) is 0 Å².